The van der Waals surface area contributed by atoms with Crippen molar-refractivity contribution in [3.8, 4) is 5.75 Å². The Morgan fingerprint density at radius 1 is 1.00 bits per heavy atom. The van der Waals surface area contributed by atoms with Gasteiger partial charge in [0.25, 0.3) is 5.91 Å². The molecule has 3 rings (SSSR count). The van der Waals surface area contributed by atoms with E-state index < -0.39 is 6.04 Å². The predicted octanol–water partition coefficient (Wildman–Crippen LogP) is 6.26. The van der Waals surface area contributed by atoms with Crippen LogP contribution in [0.2, 0.25) is 5.02 Å². The van der Waals surface area contributed by atoms with Crippen molar-refractivity contribution in [2.45, 2.75) is 46.2 Å². The lowest BCUT2D eigenvalue weighted by molar-refractivity contribution is -0.142. The number of ether oxygens (including phenoxy) is 1. The molecule has 0 heterocycles. The average Bonchev–Trinajstić information content (AvgIpc) is 2.87. The van der Waals surface area contributed by atoms with Crippen LogP contribution in [0.1, 0.15) is 35.6 Å². The van der Waals surface area contributed by atoms with Gasteiger partial charge in [0.15, 0.2) is 6.61 Å². The van der Waals surface area contributed by atoms with Crippen LogP contribution in [0.15, 0.2) is 71.2 Å². The summed E-state index contributed by atoms with van der Waals surface area (Å²) in [6, 6.07) is 20.4. The molecule has 190 valence electrons. The summed E-state index contributed by atoms with van der Waals surface area (Å²) < 4.78 is 6.81. The third-order valence-corrected chi connectivity index (χ3v) is 6.92. The predicted molar refractivity (Wildman–Crippen MR) is 148 cm³/mol. The van der Waals surface area contributed by atoms with E-state index in [0.29, 0.717) is 23.7 Å². The third kappa shape index (κ3) is 7.84. The third-order valence-electron chi connectivity index (χ3n) is 5.83. The van der Waals surface area contributed by atoms with E-state index in [0.717, 1.165) is 33.1 Å². The van der Waals surface area contributed by atoms with Crippen molar-refractivity contribution >= 4 is 39.3 Å². The lowest BCUT2D eigenvalue weighted by Crippen LogP contribution is -2.51. The number of nitrogens with zero attached hydrogens (tertiary/aromatic N) is 1. The molecule has 1 atom stereocenters. The van der Waals surface area contributed by atoms with E-state index in [2.05, 4.69) is 21.2 Å². The van der Waals surface area contributed by atoms with Crippen LogP contribution in [0.4, 0.5) is 0 Å². The van der Waals surface area contributed by atoms with Gasteiger partial charge in [0.05, 0.1) is 0 Å². The second-order valence-electron chi connectivity index (χ2n) is 8.81. The summed E-state index contributed by atoms with van der Waals surface area (Å²) in [6.07, 6.45) is 1.21. The fraction of sp³-hybridized carbons (Fsp3) is 0.310. The van der Waals surface area contributed by atoms with Crippen molar-refractivity contribution in [3.05, 3.63) is 98.5 Å². The van der Waals surface area contributed by atoms with E-state index in [9.17, 15) is 9.59 Å². The van der Waals surface area contributed by atoms with Crippen LogP contribution in [0.3, 0.4) is 0 Å². The van der Waals surface area contributed by atoms with E-state index in [1.807, 2.05) is 87.5 Å². The Kier molecular flexibility index (Phi) is 10.4. The molecule has 0 aliphatic heterocycles. The first-order chi connectivity index (χ1) is 17.3. The Bertz CT molecular complexity index is 1160. The second kappa shape index (κ2) is 13.5. The van der Waals surface area contributed by atoms with Crippen molar-refractivity contribution < 1.29 is 14.3 Å². The average molecular weight is 572 g/mol. The maximum Gasteiger partial charge on any atom is 0.261 e. The number of carbonyl (C=O) groups excluding carboxylic acids is 2. The number of carbonyl (C=O) groups is 2. The molecule has 1 N–H and O–H groups in total. The Morgan fingerprint density at radius 3 is 2.31 bits per heavy atom. The number of rotatable bonds is 11. The summed E-state index contributed by atoms with van der Waals surface area (Å²) >= 11 is 9.79. The Labute approximate surface area is 226 Å². The topological polar surface area (TPSA) is 58.6 Å². The molecular formula is C29H32BrClN2O3. The van der Waals surface area contributed by atoms with E-state index in [1.54, 1.807) is 4.90 Å². The van der Waals surface area contributed by atoms with Crippen molar-refractivity contribution in [2.24, 2.45) is 0 Å². The summed E-state index contributed by atoms with van der Waals surface area (Å²) in [6.45, 7) is 6.43. The summed E-state index contributed by atoms with van der Waals surface area (Å²) in [7, 11) is 0. The molecular weight excluding hydrogens is 540 g/mol. The largest absolute Gasteiger partial charge is 0.484 e. The van der Waals surface area contributed by atoms with Gasteiger partial charge in [-0.2, -0.15) is 0 Å². The quantitative estimate of drug-likeness (QED) is 0.295. The molecule has 36 heavy (non-hydrogen) atoms. The van der Waals surface area contributed by atoms with Crippen LogP contribution in [0, 0.1) is 13.8 Å². The molecule has 1 unspecified atom stereocenters. The Hall–Kier alpha value is -2.83. The number of halogens is 2. The molecule has 0 radical (unpaired) electrons. The van der Waals surface area contributed by atoms with Gasteiger partial charge in [-0.25, -0.2) is 0 Å². The number of hydrogen-bond donors (Lipinski definition) is 1. The molecule has 7 heteroatoms. The zero-order chi connectivity index (χ0) is 26.1. The second-order valence-corrected chi connectivity index (χ2v) is 10.1. The van der Waals surface area contributed by atoms with Crippen LogP contribution in [0.5, 0.6) is 5.75 Å². The molecule has 2 amide bonds. The summed E-state index contributed by atoms with van der Waals surface area (Å²) in [5, 5.41) is 3.66. The summed E-state index contributed by atoms with van der Waals surface area (Å²) in [4.78, 5) is 28.6. The van der Waals surface area contributed by atoms with Gasteiger partial charge in [0, 0.05) is 29.0 Å². The molecule has 5 nitrogen and oxygen atoms in total. The minimum Gasteiger partial charge on any atom is -0.484 e. The van der Waals surface area contributed by atoms with Crippen molar-refractivity contribution in [1.29, 1.82) is 0 Å². The van der Waals surface area contributed by atoms with Gasteiger partial charge in [-0.1, -0.05) is 76.9 Å². The van der Waals surface area contributed by atoms with Crippen LogP contribution in [-0.4, -0.2) is 35.9 Å². The maximum absolute atomic E-state index is 13.6. The van der Waals surface area contributed by atoms with Gasteiger partial charge in [-0.05, 0) is 66.8 Å². The van der Waals surface area contributed by atoms with Crippen LogP contribution in [-0.2, 0) is 22.6 Å². The Balaban J connectivity index is 1.91. The monoisotopic (exact) mass is 570 g/mol. The molecule has 0 spiro atoms. The first-order valence-electron chi connectivity index (χ1n) is 12.0. The van der Waals surface area contributed by atoms with Gasteiger partial charge >= 0.3 is 0 Å². The molecule has 0 saturated carbocycles. The zero-order valence-electron chi connectivity index (χ0n) is 20.9. The molecule has 0 fully saturated rings. The number of amides is 2. The SMILES string of the molecule is CCCNC(=O)C(Cc1ccccc1)N(Cc1cccc(Br)c1)C(=O)COc1cc(C)c(Cl)c(C)c1. The van der Waals surface area contributed by atoms with Crippen molar-refractivity contribution in [3.63, 3.8) is 0 Å². The van der Waals surface area contributed by atoms with Crippen molar-refractivity contribution in [2.75, 3.05) is 13.2 Å². The fourth-order valence-electron chi connectivity index (χ4n) is 3.97. The molecule has 0 saturated heterocycles. The highest BCUT2D eigenvalue weighted by Crippen LogP contribution is 2.26. The van der Waals surface area contributed by atoms with Crippen LogP contribution < -0.4 is 10.1 Å². The van der Waals surface area contributed by atoms with Crippen LogP contribution >= 0.6 is 27.5 Å². The smallest absolute Gasteiger partial charge is 0.261 e. The van der Waals surface area contributed by atoms with E-state index in [4.69, 9.17) is 16.3 Å². The van der Waals surface area contributed by atoms with E-state index >= 15 is 0 Å². The summed E-state index contributed by atoms with van der Waals surface area (Å²) in [5.74, 6) is 0.121. The first kappa shape index (κ1) is 27.8. The van der Waals surface area contributed by atoms with E-state index in [1.165, 1.54) is 0 Å². The highest BCUT2D eigenvalue weighted by molar-refractivity contribution is 9.10. The molecule has 0 aromatic heterocycles. The van der Waals surface area contributed by atoms with Gasteiger partial charge < -0.3 is 15.0 Å². The molecule has 0 bridgehead atoms. The first-order valence-corrected chi connectivity index (χ1v) is 13.2. The minimum atomic E-state index is -0.692. The lowest BCUT2D eigenvalue weighted by Gasteiger charge is -2.31. The maximum atomic E-state index is 13.6. The number of aryl methyl sites for hydroxylation is 2. The number of benzene rings is 3. The molecule has 0 aliphatic carbocycles. The van der Waals surface area contributed by atoms with Gasteiger partial charge in [0.1, 0.15) is 11.8 Å². The highest BCUT2D eigenvalue weighted by atomic mass is 79.9. The molecule has 0 aliphatic rings. The van der Waals surface area contributed by atoms with Crippen molar-refractivity contribution in [1.82, 2.24) is 10.2 Å². The minimum absolute atomic E-state index is 0.178. The van der Waals surface area contributed by atoms with Gasteiger partial charge in [-0.3, -0.25) is 9.59 Å². The standard InChI is InChI=1S/C29H32BrClN2O3/c1-4-13-32-29(35)26(17-22-9-6-5-7-10-22)33(18-23-11-8-12-24(30)16-23)27(34)19-36-25-14-20(2)28(31)21(3)15-25/h5-12,14-16,26H,4,13,17-19H2,1-3H3,(H,32,35). The number of nitrogens with one attached hydrogen (secondary N) is 1. The normalized spacial score (nSPS) is 11.6. The van der Waals surface area contributed by atoms with Gasteiger partial charge in [-0.15, -0.1) is 0 Å². The molecule has 3 aromatic rings. The molecule has 3 aromatic carbocycles. The Morgan fingerprint density at radius 2 is 1.67 bits per heavy atom. The van der Waals surface area contributed by atoms with Crippen LogP contribution in [0.25, 0.3) is 0 Å². The summed E-state index contributed by atoms with van der Waals surface area (Å²) in [5.41, 5.74) is 3.65. The van der Waals surface area contributed by atoms with Gasteiger partial charge in [0.2, 0.25) is 5.91 Å². The lowest BCUT2D eigenvalue weighted by atomic mass is 10.0. The number of hydrogen-bond acceptors (Lipinski definition) is 3. The zero-order valence-corrected chi connectivity index (χ0v) is 23.2. The van der Waals surface area contributed by atoms with E-state index in [-0.39, 0.29) is 25.0 Å². The fourth-order valence-corrected chi connectivity index (χ4v) is 4.53. The highest BCUT2D eigenvalue weighted by Gasteiger charge is 2.30.